The molecule has 0 saturated heterocycles. The summed E-state index contributed by atoms with van der Waals surface area (Å²) in [6, 6.07) is 4.49. The third-order valence-electron chi connectivity index (χ3n) is 1.81. The number of hydrogen-bond acceptors (Lipinski definition) is 5. The Labute approximate surface area is 80.1 Å². The summed E-state index contributed by atoms with van der Waals surface area (Å²) >= 11 is 0. The summed E-state index contributed by atoms with van der Waals surface area (Å²) in [5.41, 5.74) is 3.23. The van der Waals surface area contributed by atoms with Gasteiger partial charge in [0.05, 0.1) is 16.2 Å². The van der Waals surface area contributed by atoms with E-state index < -0.39 is 4.92 Å². The molecule has 0 aliphatic heterocycles. The summed E-state index contributed by atoms with van der Waals surface area (Å²) in [7, 11) is 0. The Hall–Kier alpha value is -2.13. The number of hydrazine groups is 1. The highest BCUT2D eigenvalue weighted by Crippen LogP contribution is 2.25. The molecule has 0 spiro atoms. The van der Waals surface area contributed by atoms with E-state index in [2.05, 4.69) is 5.43 Å². The van der Waals surface area contributed by atoms with E-state index in [4.69, 9.17) is 11.1 Å². The number of nitrogens with zero attached hydrogens (tertiary/aromatic N) is 2. The first-order valence-corrected chi connectivity index (χ1v) is 3.76. The quantitative estimate of drug-likeness (QED) is 0.414. The van der Waals surface area contributed by atoms with Crippen LogP contribution in [-0.4, -0.2) is 4.92 Å². The monoisotopic (exact) mass is 192 g/mol. The van der Waals surface area contributed by atoms with Crippen LogP contribution >= 0.6 is 0 Å². The SMILES string of the molecule is Cc1cc(NN)c(C#N)cc1[N+](=O)[O-]. The number of nitro benzene ring substituents is 1. The predicted molar refractivity (Wildman–Crippen MR) is 50.4 cm³/mol. The van der Waals surface area contributed by atoms with Gasteiger partial charge in [0.25, 0.3) is 5.69 Å². The van der Waals surface area contributed by atoms with Gasteiger partial charge in [0.2, 0.25) is 0 Å². The van der Waals surface area contributed by atoms with Gasteiger partial charge in [-0.3, -0.25) is 16.0 Å². The van der Waals surface area contributed by atoms with Gasteiger partial charge in [0.1, 0.15) is 6.07 Å². The maximum atomic E-state index is 10.5. The molecule has 72 valence electrons. The van der Waals surface area contributed by atoms with Crippen molar-refractivity contribution in [3.05, 3.63) is 33.4 Å². The number of rotatable bonds is 2. The van der Waals surface area contributed by atoms with Crippen molar-refractivity contribution in [3.63, 3.8) is 0 Å². The van der Waals surface area contributed by atoms with Gasteiger partial charge in [-0.25, -0.2) is 0 Å². The van der Waals surface area contributed by atoms with Gasteiger partial charge in [-0.2, -0.15) is 5.26 Å². The molecule has 0 bridgehead atoms. The van der Waals surface area contributed by atoms with Gasteiger partial charge in [-0.1, -0.05) is 0 Å². The van der Waals surface area contributed by atoms with Crippen molar-refractivity contribution >= 4 is 11.4 Å². The molecule has 0 aromatic heterocycles. The van der Waals surface area contributed by atoms with Crippen LogP contribution in [0.4, 0.5) is 11.4 Å². The van der Waals surface area contributed by atoms with Gasteiger partial charge >= 0.3 is 0 Å². The lowest BCUT2D eigenvalue weighted by molar-refractivity contribution is -0.385. The van der Waals surface area contributed by atoms with Crippen LogP contribution in [-0.2, 0) is 0 Å². The average Bonchev–Trinajstić information content (AvgIpc) is 2.16. The Bertz CT molecular complexity index is 422. The number of nitrogen functional groups attached to an aromatic ring is 1. The number of aryl methyl sites for hydroxylation is 1. The molecule has 0 saturated carbocycles. The Morgan fingerprint density at radius 3 is 2.71 bits per heavy atom. The summed E-state index contributed by atoms with van der Waals surface area (Å²) in [4.78, 5) is 10.0. The zero-order valence-electron chi connectivity index (χ0n) is 7.44. The van der Waals surface area contributed by atoms with Crippen molar-refractivity contribution < 1.29 is 4.92 Å². The van der Waals surface area contributed by atoms with Crippen molar-refractivity contribution in [3.8, 4) is 6.07 Å². The molecular weight excluding hydrogens is 184 g/mol. The van der Waals surface area contributed by atoms with E-state index in [1.807, 2.05) is 6.07 Å². The second kappa shape index (κ2) is 3.72. The van der Waals surface area contributed by atoms with E-state index in [9.17, 15) is 10.1 Å². The molecule has 0 aliphatic rings. The maximum Gasteiger partial charge on any atom is 0.273 e. The van der Waals surface area contributed by atoms with Crippen molar-refractivity contribution in [2.45, 2.75) is 6.92 Å². The number of nitro groups is 1. The van der Waals surface area contributed by atoms with Gasteiger partial charge in [-0.05, 0) is 13.0 Å². The minimum Gasteiger partial charge on any atom is -0.323 e. The first-order chi connectivity index (χ1) is 6.60. The molecule has 14 heavy (non-hydrogen) atoms. The molecule has 0 fully saturated rings. The minimum absolute atomic E-state index is 0.0828. The molecule has 0 radical (unpaired) electrons. The average molecular weight is 192 g/mol. The Morgan fingerprint density at radius 2 is 2.29 bits per heavy atom. The number of nitriles is 1. The lowest BCUT2D eigenvalue weighted by Gasteiger charge is -2.04. The van der Waals surface area contributed by atoms with Crippen LogP contribution in [0.3, 0.4) is 0 Å². The molecule has 6 heteroatoms. The van der Waals surface area contributed by atoms with Crippen molar-refractivity contribution in [1.29, 1.82) is 5.26 Å². The molecule has 3 N–H and O–H groups in total. The maximum absolute atomic E-state index is 10.5. The van der Waals surface area contributed by atoms with Crippen molar-refractivity contribution in [1.82, 2.24) is 0 Å². The summed E-state index contributed by atoms with van der Waals surface area (Å²) in [5, 5.41) is 19.2. The highest BCUT2D eigenvalue weighted by molar-refractivity contribution is 5.63. The molecule has 6 nitrogen and oxygen atoms in total. The number of nitrogens with one attached hydrogen (secondary N) is 1. The topological polar surface area (TPSA) is 105 Å². The van der Waals surface area contributed by atoms with E-state index in [0.717, 1.165) is 0 Å². The number of anilines is 1. The fourth-order valence-electron chi connectivity index (χ4n) is 1.11. The molecule has 0 heterocycles. The van der Waals surface area contributed by atoms with Crippen molar-refractivity contribution in [2.75, 3.05) is 5.43 Å². The van der Waals surface area contributed by atoms with E-state index in [0.29, 0.717) is 11.3 Å². The fraction of sp³-hybridized carbons (Fsp3) is 0.125. The molecule has 0 atom stereocenters. The summed E-state index contributed by atoms with van der Waals surface area (Å²) in [5.74, 6) is 5.15. The van der Waals surface area contributed by atoms with Crippen molar-refractivity contribution in [2.24, 2.45) is 5.84 Å². The molecular formula is C8H8N4O2. The smallest absolute Gasteiger partial charge is 0.273 e. The second-order valence-electron chi connectivity index (χ2n) is 2.70. The number of hydrogen-bond donors (Lipinski definition) is 2. The van der Waals surface area contributed by atoms with Crippen LogP contribution in [0.1, 0.15) is 11.1 Å². The summed E-state index contributed by atoms with van der Waals surface area (Å²) < 4.78 is 0. The van der Waals surface area contributed by atoms with E-state index >= 15 is 0 Å². The highest BCUT2D eigenvalue weighted by Gasteiger charge is 2.14. The van der Waals surface area contributed by atoms with Crippen LogP contribution in [0.2, 0.25) is 0 Å². The molecule has 0 unspecified atom stereocenters. The Kier molecular flexibility index (Phi) is 2.65. The minimum atomic E-state index is -0.531. The van der Waals surface area contributed by atoms with Gasteiger partial charge < -0.3 is 5.43 Å². The largest absolute Gasteiger partial charge is 0.323 e. The van der Waals surface area contributed by atoms with Crippen LogP contribution in [0.25, 0.3) is 0 Å². The van der Waals surface area contributed by atoms with E-state index in [-0.39, 0.29) is 11.3 Å². The van der Waals surface area contributed by atoms with Crippen LogP contribution < -0.4 is 11.3 Å². The molecule has 0 amide bonds. The molecule has 1 rings (SSSR count). The fourth-order valence-corrected chi connectivity index (χ4v) is 1.11. The lowest BCUT2D eigenvalue weighted by atomic mass is 10.1. The zero-order chi connectivity index (χ0) is 10.7. The summed E-state index contributed by atoms with van der Waals surface area (Å²) in [6.45, 7) is 1.58. The molecule has 0 aliphatic carbocycles. The summed E-state index contributed by atoms with van der Waals surface area (Å²) in [6.07, 6.45) is 0. The van der Waals surface area contributed by atoms with E-state index in [1.165, 1.54) is 12.1 Å². The number of nitrogens with two attached hydrogens (primary N) is 1. The normalized spacial score (nSPS) is 9.21. The van der Waals surface area contributed by atoms with Crippen LogP contribution in [0.5, 0.6) is 0 Å². The highest BCUT2D eigenvalue weighted by atomic mass is 16.6. The third-order valence-corrected chi connectivity index (χ3v) is 1.81. The van der Waals surface area contributed by atoms with E-state index in [1.54, 1.807) is 6.92 Å². The standard InChI is InChI=1S/C8H8N4O2/c1-5-2-7(11-10)6(4-9)3-8(5)12(13)14/h2-3,11H,10H2,1H3. The Balaban J connectivity index is 3.40. The first kappa shape index (κ1) is 9.95. The second-order valence-corrected chi connectivity index (χ2v) is 2.70. The molecule has 1 aromatic carbocycles. The van der Waals surface area contributed by atoms with Crippen LogP contribution in [0, 0.1) is 28.4 Å². The van der Waals surface area contributed by atoms with Gasteiger partial charge in [0.15, 0.2) is 0 Å². The van der Waals surface area contributed by atoms with Crippen LogP contribution in [0.15, 0.2) is 12.1 Å². The Morgan fingerprint density at radius 1 is 1.64 bits per heavy atom. The third kappa shape index (κ3) is 1.62. The van der Waals surface area contributed by atoms with Gasteiger partial charge in [0, 0.05) is 11.6 Å². The zero-order valence-corrected chi connectivity index (χ0v) is 7.44. The number of benzene rings is 1. The molecule has 1 aromatic rings. The lowest BCUT2D eigenvalue weighted by Crippen LogP contribution is -2.09. The predicted octanol–water partition coefficient (Wildman–Crippen LogP) is 1.06. The first-order valence-electron chi connectivity index (χ1n) is 3.76. The van der Waals surface area contributed by atoms with Gasteiger partial charge in [-0.15, -0.1) is 0 Å².